The second kappa shape index (κ2) is 3.47. The van der Waals surface area contributed by atoms with E-state index in [0.29, 0.717) is 21.2 Å². The van der Waals surface area contributed by atoms with E-state index >= 15 is 0 Å². The van der Waals surface area contributed by atoms with Gasteiger partial charge in [0.05, 0.1) is 5.39 Å². The molecular formula is C8H8BrClN4. The fourth-order valence-electron chi connectivity index (χ4n) is 1.12. The van der Waals surface area contributed by atoms with Gasteiger partial charge in [-0.25, -0.2) is 9.97 Å². The van der Waals surface area contributed by atoms with E-state index in [4.69, 9.17) is 11.6 Å². The number of nitrogens with one attached hydrogen (secondary N) is 1. The average molecular weight is 276 g/mol. The zero-order valence-electron chi connectivity index (χ0n) is 7.67. The van der Waals surface area contributed by atoms with E-state index in [1.807, 2.05) is 13.8 Å². The van der Waals surface area contributed by atoms with Gasteiger partial charge in [-0.15, -0.1) is 0 Å². The van der Waals surface area contributed by atoms with Crippen LogP contribution in [0.2, 0.25) is 5.15 Å². The lowest BCUT2D eigenvalue weighted by atomic mass is 10.2. The second-order valence-electron chi connectivity index (χ2n) is 3.26. The summed E-state index contributed by atoms with van der Waals surface area (Å²) in [6, 6.07) is 0. The summed E-state index contributed by atoms with van der Waals surface area (Å²) in [5.74, 6) is 0.953. The minimum Gasteiger partial charge on any atom is -0.268 e. The summed E-state index contributed by atoms with van der Waals surface area (Å²) in [4.78, 5) is 8.49. The minimum absolute atomic E-state index is 0.243. The smallest absolute Gasteiger partial charge is 0.186 e. The predicted molar refractivity (Wildman–Crippen MR) is 58.5 cm³/mol. The van der Waals surface area contributed by atoms with Crippen LogP contribution in [0.3, 0.4) is 0 Å². The lowest BCUT2D eigenvalue weighted by Crippen LogP contribution is -1.97. The second-order valence-corrected chi connectivity index (χ2v) is 4.41. The van der Waals surface area contributed by atoms with Crippen molar-refractivity contribution in [3.05, 3.63) is 15.6 Å². The first-order valence-corrected chi connectivity index (χ1v) is 5.33. The van der Waals surface area contributed by atoms with Gasteiger partial charge < -0.3 is 0 Å². The monoisotopic (exact) mass is 274 g/mol. The first kappa shape index (κ1) is 9.86. The van der Waals surface area contributed by atoms with E-state index < -0.39 is 0 Å². The van der Waals surface area contributed by atoms with Crippen molar-refractivity contribution in [1.82, 2.24) is 20.2 Å². The van der Waals surface area contributed by atoms with Crippen molar-refractivity contribution in [3.63, 3.8) is 0 Å². The van der Waals surface area contributed by atoms with Crippen molar-refractivity contribution in [2.24, 2.45) is 0 Å². The Hall–Kier alpha value is -0.680. The molecule has 0 saturated heterocycles. The maximum absolute atomic E-state index is 6.01. The molecular weight excluding hydrogens is 267 g/mol. The van der Waals surface area contributed by atoms with Crippen molar-refractivity contribution in [2.45, 2.75) is 19.8 Å². The van der Waals surface area contributed by atoms with Crippen LogP contribution in [-0.2, 0) is 0 Å². The number of hydrogen-bond acceptors (Lipinski definition) is 3. The molecule has 1 N–H and O–H groups in total. The Kier molecular flexibility index (Phi) is 2.45. The molecule has 0 spiro atoms. The third kappa shape index (κ3) is 1.50. The van der Waals surface area contributed by atoms with E-state index in [9.17, 15) is 0 Å². The molecule has 14 heavy (non-hydrogen) atoms. The van der Waals surface area contributed by atoms with Gasteiger partial charge in [-0.1, -0.05) is 25.4 Å². The van der Waals surface area contributed by atoms with Gasteiger partial charge in [0.25, 0.3) is 0 Å². The molecule has 0 unspecified atom stereocenters. The van der Waals surface area contributed by atoms with Crippen LogP contribution in [0.5, 0.6) is 0 Å². The maximum Gasteiger partial charge on any atom is 0.186 e. The molecule has 0 fully saturated rings. The largest absolute Gasteiger partial charge is 0.268 e. The fourth-order valence-corrected chi connectivity index (χ4v) is 1.96. The molecule has 0 aliphatic rings. The quantitative estimate of drug-likeness (QED) is 0.814. The van der Waals surface area contributed by atoms with Gasteiger partial charge in [0.2, 0.25) is 0 Å². The van der Waals surface area contributed by atoms with E-state index in [1.54, 1.807) is 0 Å². The van der Waals surface area contributed by atoms with Crippen LogP contribution >= 0.6 is 27.5 Å². The van der Waals surface area contributed by atoms with Crippen LogP contribution in [0.4, 0.5) is 0 Å². The highest BCUT2D eigenvalue weighted by atomic mass is 79.9. The first-order valence-electron chi connectivity index (χ1n) is 4.16. The molecule has 0 bridgehead atoms. The van der Waals surface area contributed by atoms with Crippen LogP contribution < -0.4 is 0 Å². The molecule has 0 aliphatic carbocycles. The number of aromatic nitrogens is 4. The van der Waals surface area contributed by atoms with Crippen molar-refractivity contribution < 1.29 is 0 Å². The van der Waals surface area contributed by atoms with Crippen LogP contribution in [0.1, 0.15) is 25.6 Å². The van der Waals surface area contributed by atoms with Crippen LogP contribution in [0.25, 0.3) is 11.0 Å². The Morgan fingerprint density at radius 2 is 2.07 bits per heavy atom. The van der Waals surface area contributed by atoms with Gasteiger partial charge in [-0.3, -0.25) is 5.10 Å². The van der Waals surface area contributed by atoms with Crippen LogP contribution in [0.15, 0.2) is 4.60 Å². The highest BCUT2D eigenvalue weighted by Gasteiger charge is 2.13. The summed E-state index contributed by atoms with van der Waals surface area (Å²) in [6.07, 6.45) is 0. The van der Waals surface area contributed by atoms with Crippen molar-refractivity contribution in [3.8, 4) is 0 Å². The zero-order chi connectivity index (χ0) is 10.3. The van der Waals surface area contributed by atoms with Gasteiger partial charge in [-0.05, 0) is 15.9 Å². The van der Waals surface area contributed by atoms with Crippen LogP contribution in [-0.4, -0.2) is 20.2 Å². The Bertz CT molecular complexity index is 479. The number of H-pyrrole nitrogens is 1. The number of nitrogens with zero attached hydrogens (tertiary/aromatic N) is 3. The number of halogens is 2. The molecule has 6 heteroatoms. The first-order chi connectivity index (χ1) is 6.59. The van der Waals surface area contributed by atoms with Crippen molar-refractivity contribution >= 4 is 38.6 Å². The van der Waals surface area contributed by atoms with Gasteiger partial charge >= 0.3 is 0 Å². The minimum atomic E-state index is 0.243. The van der Waals surface area contributed by atoms with Crippen LogP contribution in [0, 0.1) is 0 Å². The summed E-state index contributed by atoms with van der Waals surface area (Å²) in [5.41, 5.74) is 0.598. The highest BCUT2D eigenvalue weighted by molar-refractivity contribution is 9.10. The molecule has 74 valence electrons. The Labute approximate surface area is 94.2 Å². The highest BCUT2D eigenvalue weighted by Crippen LogP contribution is 2.27. The molecule has 2 aromatic rings. The standard InChI is InChI=1S/C8H8BrClN4/c1-3(2)7-11-6(10)4-5(9)13-14-8(4)12-7/h3H,1-2H3,(H,11,12,13,14). The predicted octanol–water partition coefficient (Wildman–Crippen LogP) is 2.89. The van der Waals surface area contributed by atoms with Crippen molar-refractivity contribution in [1.29, 1.82) is 0 Å². The molecule has 2 rings (SSSR count). The summed E-state index contributed by atoms with van der Waals surface area (Å²) < 4.78 is 0.716. The number of aromatic amines is 1. The Morgan fingerprint density at radius 1 is 1.36 bits per heavy atom. The van der Waals surface area contributed by atoms with E-state index in [2.05, 4.69) is 36.1 Å². The van der Waals surface area contributed by atoms with E-state index in [1.165, 1.54) is 0 Å². The Morgan fingerprint density at radius 3 is 2.71 bits per heavy atom. The summed E-state index contributed by atoms with van der Waals surface area (Å²) in [6.45, 7) is 4.03. The number of fused-ring (bicyclic) bond motifs is 1. The molecule has 0 aliphatic heterocycles. The summed E-state index contributed by atoms with van der Waals surface area (Å²) >= 11 is 9.31. The molecule has 4 nitrogen and oxygen atoms in total. The number of hydrogen-bond donors (Lipinski definition) is 1. The third-order valence-electron chi connectivity index (χ3n) is 1.86. The molecule has 2 aromatic heterocycles. The zero-order valence-corrected chi connectivity index (χ0v) is 10.0. The van der Waals surface area contributed by atoms with Crippen molar-refractivity contribution in [2.75, 3.05) is 0 Å². The topological polar surface area (TPSA) is 54.5 Å². The summed E-state index contributed by atoms with van der Waals surface area (Å²) in [5, 5.41) is 7.94. The lowest BCUT2D eigenvalue weighted by molar-refractivity contribution is 0.781. The van der Waals surface area contributed by atoms with Gasteiger partial charge in [-0.2, -0.15) is 5.10 Å². The molecule has 2 heterocycles. The van der Waals surface area contributed by atoms with Gasteiger partial charge in [0.1, 0.15) is 15.6 Å². The SMILES string of the molecule is CC(C)c1nc(Cl)c2c(Br)[nH]nc2n1. The molecule has 0 amide bonds. The van der Waals surface area contributed by atoms with Gasteiger partial charge in [0, 0.05) is 5.92 Å². The molecule has 0 saturated carbocycles. The van der Waals surface area contributed by atoms with E-state index in [-0.39, 0.29) is 5.92 Å². The van der Waals surface area contributed by atoms with E-state index in [0.717, 1.165) is 5.39 Å². The van der Waals surface area contributed by atoms with Gasteiger partial charge in [0.15, 0.2) is 5.65 Å². The fraction of sp³-hybridized carbons (Fsp3) is 0.375. The molecule has 0 radical (unpaired) electrons. The molecule has 0 aromatic carbocycles. The maximum atomic E-state index is 6.01. The average Bonchev–Trinajstić information content (AvgIpc) is 2.48. The summed E-state index contributed by atoms with van der Waals surface area (Å²) in [7, 11) is 0. The Balaban J connectivity index is 2.74. The normalized spacial score (nSPS) is 11.5. The molecule has 0 atom stereocenters. The third-order valence-corrected chi connectivity index (χ3v) is 2.71. The lowest BCUT2D eigenvalue weighted by Gasteiger charge is -2.03. The number of rotatable bonds is 1.